The number of aliphatic hydroxyl groups is 2. The van der Waals surface area contributed by atoms with E-state index in [1.807, 2.05) is 0 Å². The summed E-state index contributed by atoms with van der Waals surface area (Å²) in [5, 5.41) is 22.2. The van der Waals surface area contributed by atoms with Crippen LogP contribution in [0.25, 0.3) is 0 Å². The molecule has 3 heteroatoms. The molecule has 1 unspecified atom stereocenters. The summed E-state index contributed by atoms with van der Waals surface area (Å²) in [4.78, 5) is 0. The molecule has 0 radical (unpaired) electrons. The third-order valence-electron chi connectivity index (χ3n) is 2.96. The van der Waals surface area contributed by atoms with Crippen molar-refractivity contribution in [2.45, 2.75) is 63.7 Å². The summed E-state index contributed by atoms with van der Waals surface area (Å²) in [5.41, 5.74) is 0. The van der Waals surface area contributed by atoms with E-state index in [2.05, 4.69) is 12.2 Å². The summed E-state index contributed by atoms with van der Waals surface area (Å²) in [6, 6.07) is 0.505. The van der Waals surface area contributed by atoms with Gasteiger partial charge in [-0.2, -0.15) is 0 Å². The average Bonchev–Trinajstić information content (AvgIpc) is 2.17. The van der Waals surface area contributed by atoms with E-state index in [9.17, 15) is 10.2 Å². The van der Waals surface area contributed by atoms with Crippen molar-refractivity contribution in [3.05, 3.63) is 0 Å². The maximum atomic E-state index is 9.52. The van der Waals surface area contributed by atoms with Gasteiger partial charge in [0.15, 0.2) is 0 Å². The molecule has 14 heavy (non-hydrogen) atoms. The molecule has 0 heterocycles. The Morgan fingerprint density at radius 1 is 1.29 bits per heavy atom. The predicted molar refractivity (Wildman–Crippen MR) is 57.2 cm³/mol. The van der Waals surface area contributed by atoms with Crippen molar-refractivity contribution >= 4 is 0 Å². The van der Waals surface area contributed by atoms with Crippen molar-refractivity contribution in [3.63, 3.8) is 0 Å². The summed E-state index contributed by atoms with van der Waals surface area (Å²) in [6.07, 6.45) is 5.51. The van der Waals surface area contributed by atoms with E-state index >= 15 is 0 Å². The van der Waals surface area contributed by atoms with E-state index in [0.717, 1.165) is 38.5 Å². The average molecular weight is 201 g/mol. The van der Waals surface area contributed by atoms with Crippen LogP contribution in [-0.4, -0.2) is 35.0 Å². The molecule has 0 aromatic rings. The Bertz CT molecular complexity index is 144. The van der Waals surface area contributed by atoms with Gasteiger partial charge in [-0.15, -0.1) is 0 Å². The SMILES string of the molecule is CCCC(O)CNC1CCC(O)CC1. The van der Waals surface area contributed by atoms with Crippen LogP contribution in [-0.2, 0) is 0 Å². The molecule has 0 amide bonds. The Kier molecular flexibility index (Phi) is 5.45. The van der Waals surface area contributed by atoms with Gasteiger partial charge in [0.2, 0.25) is 0 Å². The lowest BCUT2D eigenvalue weighted by atomic mass is 9.93. The van der Waals surface area contributed by atoms with E-state index in [4.69, 9.17) is 0 Å². The van der Waals surface area contributed by atoms with Gasteiger partial charge in [-0.05, 0) is 32.1 Å². The fourth-order valence-corrected chi connectivity index (χ4v) is 2.02. The molecule has 0 bridgehead atoms. The first-order valence-electron chi connectivity index (χ1n) is 5.82. The molecular formula is C11H23NO2. The highest BCUT2D eigenvalue weighted by molar-refractivity contribution is 4.77. The van der Waals surface area contributed by atoms with Crippen molar-refractivity contribution in [3.8, 4) is 0 Å². The molecule has 84 valence electrons. The Morgan fingerprint density at radius 3 is 2.50 bits per heavy atom. The topological polar surface area (TPSA) is 52.5 Å². The van der Waals surface area contributed by atoms with Crippen molar-refractivity contribution < 1.29 is 10.2 Å². The monoisotopic (exact) mass is 201 g/mol. The van der Waals surface area contributed by atoms with Crippen LogP contribution < -0.4 is 5.32 Å². The lowest BCUT2D eigenvalue weighted by Gasteiger charge is -2.27. The third kappa shape index (κ3) is 4.40. The summed E-state index contributed by atoms with van der Waals surface area (Å²) in [6.45, 7) is 2.79. The van der Waals surface area contributed by atoms with Crippen LogP contribution in [0.3, 0.4) is 0 Å². The molecule has 0 spiro atoms. The van der Waals surface area contributed by atoms with E-state index in [1.54, 1.807) is 0 Å². The zero-order valence-electron chi connectivity index (χ0n) is 9.08. The van der Waals surface area contributed by atoms with Crippen molar-refractivity contribution in [2.75, 3.05) is 6.54 Å². The minimum Gasteiger partial charge on any atom is -0.393 e. The summed E-state index contributed by atoms with van der Waals surface area (Å²) in [5.74, 6) is 0. The van der Waals surface area contributed by atoms with Gasteiger partial charge in [0.25, 0.3) is 0 Å². The molecule has 1 aliphatic carbocycles. The molecule has 1 rings (SSSR count). The molecule has 1 aliphatic rings. The second kappa shape index (κ2) is 6.38. The van der Waals surface area contributed by atoms with Crippen LogP contribution in [0.1, 0.15) is 45.4 Å². The van der Waals surface area contributed by atoms with Crippen LogP contribution in [0.4, 0.5) is 0 Å². The molecular weight excluding hydrogens is 178 g/mol. The zero-order valence-corrected chi connectivity index (χ0v) is 9.08. The second-order valence-electron chi connectivity index (χ2n) is 4.36. The van der Waals surface area contributed by atoms with Gasteiger partial charge >= 0.3 is 0 Å². The van der Waals surface area contributed by atoms with Crippen molar-refractivity contribution in [2.24, 2.45) is 0 Å². The van der Waals surface area contributed by atoms with Gasteiger partial charge in [-0.3, -0.25) is 0 Å². The summed E-state index contributed by atoms with van der Waals surface area (Å²) in [7, 11) is 0. The maximum Gasteiger partial charge on any atom is 0.0664 e. The zero-order chi connectivity index (χ0) is 10.4. The van der Waals surface area contributed by atoms with E-state index in [-0.39, 0.29) is 12.2 Å². The van der Waals surface area contributed by atoms with Crippen LogP contribution in [0.2, 0.25) is 0 Å². The highest BCUT2D eigenvalue weighted by Crippen LogP contribution is 2.18. The Hall–Kier alpha value is -0.120. The fourth-order valence-electron chi connectivity index (χ4n) is 2.02. The van der Waals surface area contributed by atoms with E-state index < -0.39 is 0 Å². The maximum absolute atomic E-state index is 9.52. The number of hydrogen-bond donors (Lipinski definition) is 3. The predicted octanol–water partition coefficient (Wildman–Crippen LogP) is 1.04. The molecule has 0 aromatic heterocycles. The molecule has 0 aliphatic heterocycles. The Balaban J connectivity index is 2.06. The number of aliphatic hydroxyl groups excluding tert-OH is 2. The Labute approximate surface area is 86.5 Å². The quantitative estimate of drug-likeness (QED) is 0.623. The van der Waals surface area contributed by atoms with Crippen LogP contribution in [0, 0.1) is 0 Å². The minimum atomic E-state index is -0.202. The smallest absolute Gasteiger partial charge is 0.0664 e. The second-order valence-corrected chi connectivity index (χ2v) is 4.36. The molecule has 1 saturated carbocycles. The molecule has 1 atom stereocenters. The molecule has 3 N–H and O–H groups in total. The number of nitrogens with one attached hydrogen (secondary N) is 1. The van der Waals surface area contributed by atoms with Crippen LogP contribution >= 0.6 is 0 Å². The molecule has 0 aromatic carbocycles. The molecule has 1 fully saturated rings. The van der Waals surface area contributed by atoms with Gasteiger partial charge in [-0.1, -0.05) is 13.3 Å². The lowest BCUT2D eigenvalue weighted by Crippen LogP contribution is -2.38. The standard InChI is InChI=1S/C11H23NO2/c1-2-3-11(14)8-12-9-4-6-10(13)7-5-9/h9-14H,2-8H2,1H3. The van der Waals surface area contributed by atoms with Crippen LogP contribution in [0.15, 0.2) is 0 Å². The first kappa shape index (κ1) is 12.0. The minimum absolute atomic E-state index is 0.0892. The largest absolute Gasteiger partial charge is 0.393 e. The third-order valence-corrected chi connectivity index (χ3v) is 2.96. The Morgan fingerprint density at radius 2 is 1.93 bits per heavy atom. The highest BCUT2D eigenvalue weighted by Gasteiger charge is 2.19. The molecule has 0 saturated heterocycles. The van der Waals surface area contributed by atoms with Crippen molar-refractivity contribution in [1.29, 1.82) is 0 Å². The summed E-state index contributed by atoms with van der Waals surface area (Å²) >= 11 is 0. The van der Waals surface area contributed by atoms with Gasteiger partial charge in [0, 0.05) is 12.6 Å². The number of rotatable bonds is 5. The van der Waals surface area contributed by atoms with Gasteiger partial charge in [-0.25, -0.2) is 0 Å². The van der Waals surface area contributed by atoms with Crippen LogP contribution in [0.5, 0.6) is 0 Å². The van der Waals surface area contributed by atoms with E-state index in [0.29, 0.717) is 12.6 Å². The van der Waals surface area contributed by atoms with Gasteiger partial charge in [0.1, 0.15) is 0 Å². The van der Waals surface area contributed by atoms with Gasteiger partial charge in [0.05, 0.1) is 12.2 Å². The molecule has 3 nitrogen and oxygen atoms in total. The number of hydrogen-bond acceptors (Lipinski definition) is 3. The normalized spacial score (nSPS) is 30.2. The lowest BCUT2D eigenvalue weighted by molar-refractivity contribution is 0.108. The van der Waals surface area contributed by atoms with E-state index in [1.165, 1.54) is 0 Å². The van der Waals surface area contributed by atoms with Gasteiger partial charge < -0.3 is 15.5 Å². The first-order valence-corrected chi connectivity index (χ1v) is 5.82. The summed E-state index contributed by atoms with van der Waals surface area (Å²) < 4.78 is 0. The highest BCUT2D eigenvalue weighted by atomic mass is 16.3. The van der Waals surface area contributed by atoms with Crippen molar-refractivity contribution in [1.82, 2.24) is 5.32 Å². The fraction of sp³-hybridized carbons (Fsp3) is 1.00. The first-order chi connectivity index (χ1) is 6.72.